The molecule has 0 aromatic carbocycles. The zero-order valence-corrected chi connectivity index (χ0v) is 14.2. The molecule has 24 heavy (non-hydrogen) atoms. The van der Waals surface area contributed by atoms with E-state index in [0.29, 0.717) is 38.4 Å². The van der Waals surface area contributed by atoms with Crippen molar-refractivity contribution >= 4 is 11.8 Å². The molecule has 0 radical (unpaired) electrons. The summed E-state index contributed by atoms with van der Waals surface area (Å²) in [4.78, 5) is 31.8. The summed E-state index contributed by atoms with van der Waals surface area (Å²) in [5.41, 5.74) is 3.16. The number of aryl methyl sites for hydroxylation is 2. The summed E-state index contributed by atoms with van der Waals surface area (Å²) in [7, 11) is 0. The zero-order valence-electron chi connectivity index (χ0n) is 14.2. The molecule has 1 fully saturated rings. The van der Waals surface area contributed by atoms with Crippen molar-refractivity contribution in [1.82, 2.24) is 14.8 Å². The number of nitrogens with one attached hydrogen (secondary N) is 1. The number of nitrogens with zero attached hydrogens (tertiary/aromatic N) is 2. The molecule has 2 amide bonds. The molecule has 128 valence electrons. The van der Waals surface area contributed by atoms with Crippen LogP contribution in [0.4, 0.5) is 0 Å². The Balaban J connectivity index is 1.60. The lowest BCUT2D eigenvalue weighted by Crippen LogP contribution is -2.37. The monoisotopic (exact) mass is 329 g/mol. The molecule has 6 nitrogen and oxygen atoms in total. The molecule has 6 heteroatoms. The van der Waals surface area contributed by atoms with Crippen molar-refractivity contribution in [3.8, 4) is 0 Å². The standard InChI is InChI=1S/C18H23N3O3/c1-13-11-15(14(2)19-13)12-17(22)20-6-4-7-21(9-8-20)18(23)16-5-3-10-24-16/h3,5,10-11,19H,4,6-9,12H2,1-2H3. The minimum absolute atomic E-state index is 0.105. The van der Waals surface area contributed by atoms with E-state index in [1.54, 1.807) is 17.0 Å². The number of aromatic nitrogens is 1. The number of H-pyrrole nitrogens is 1. The smallest absolute Gasteiger partial charge is 0.289 e. The fourth-order valence-electron chi connectivity index (χ4n) is 3.17. The fourth-order valence-corrected chi connectivity index (χ4v) is 3.17. The van der Waals surface area contributed by atoms with Crippen LogP contribution in [0, 0.1) is 13.8 Å². The molecule has 1 aliphatic heterocycles. The van der Waals surface area contributed by atoms with Gasteiger partial charge in [0.15, 0.2) is 5.76 Å². The van der Waals surface area contributed by atoms with E-state index in [2.05, 4.69) is 4.98 Å². The lowest BCUT2D eigenvalue weighted by Gasteiger charge is -2.21. The van der Waals surface area contributed by atoms with Gasteiger partial charge in [0, 0.05) is 37.6 Å². The summed E-state index contributed by atoms with van der Waals surface area (Å²) in [6.45, 7) is 6.41. The van der Waals surface area contributed by atoms with Crippen molar-refractivity contribution in [2.45, 2.75) is 26.7 Å². The Morgan fingerprint density at radius 1 is 1.17 bits per heavy atom. The van der Waals surface area contributed by atoms with Gasteiger partial charge in [-0.15, -0.1) is 0 Å². The van der Waals surface area contributed by atoms with Gasteiger partial charge in [0.25, 0.3) is 5.91 Å². The van der Waals surface area contributed by atoms with Crippen LogP contribution in [0.3, 0.4) is 0 Å². The van der Waals surface area contributed by atoms with Gasteiger partial charge in [-0.3, -0.25) is 9.59 Å². The van der Waals surface area contributed by atoms with E-state index < -0.39 is 0 Å². The molecule has 1 saturated heterocycles. The van der Waals surface area contributed by atoms with Crippen molar-refractivity contribution in [1.29, 1.82) is 0 Å². The minimum atomic E-state index is -0.105. The van der Waals surface area contributed by atoms with Gasteiger partial charge in [-0.25, -0.2) is 0 Å². The summed E-state index contributed by atoms with van der Waals surface area (Å²) >= 11 is 0. The fraction of sp³-hybridized carbons (Fsp3) is 0.444. The largest absolute Gasteiger partial charge is 0.459 e. The predicted octanol–water partition coefficient (Wildman–Crippen LogP) is 2.14. The van der Waals surface area contributed by atoms with Gasteiger partial charge in [-0.2, -0.15) is 0 Å². The number of carbonyl (C=O) groups excluding carboxylic acids is 2. The van der Waals surface area contributed by atoms with Gasteiger partial charge in [0.1, 0.15) is 0 Å². The molecule has 3 heterocycles. The van der Waals surface area contributed by atoms with Crippen LogP contribution in [0.5, 0.6) is 0 Å². The number of carbonyl (C=O) groups is 2. The molecular formula is C18H23N3O3. The van der Waals surface area contributed by atoms with Crippen LogP contribution in [0.1, 0.15) is 33.9 Å². The van der Waals surface area contributed by atoms with Gasteiger partial charge < -0.3 is 19.2 Å². The SMILES string of the molecule is Cc1cc(CC(=O)N2CCCN(C(=O)c3ccco3)CC2)c(C)[nH]1. The van der Waals surface area contributed by atoms with Crippen molar-refractivity contribution < 1.29 is 14.0 Å². The number of rotatable bonds is 3. The van der Waals surface area contributed by atoms with Crippen molar-refractivity contribution in [3.05, 3.63) is 47.2 Å². The van der Waals surface area contributed by atoms with E-state index in [0.717, 1.165) is 23.4 Å². The quantitative estimate of drug-likeness (QED) is 0.938. The number of furan rings is 1. The van der Waals surface area contributed by atoms with Crippen LogP contribution >= 0.6 is 0 Å². The summed E-state index contributed by atoms with van der Waals surface area (Å²) in [6.07, 6.45) is 2.69. The maximum absolute atomic E-state index is 12.6. The van der Waals surface area contributed by atoms with E-state index in [9.17, 15) is 9.59 Å². The van der Waals surface area contributed by atoms with Crippen LogP contribution in [-0.4, -0.2) is 52.8 Å². The third-order valence-electron chi connectivity index (χ3n) is 4.47. The first kappa shape index (κ1) is 16.4. The second-order valence-corrected chi connectivity index (χ2v) is 6.28. The Morgan fingerprint density at radius 3 is 2.58 bits per heavy atom. The zero-order chi connectivity index (χ0) is 17.1. The van der Waals surface area contributed by atoms with Gasteiger partial charge in [-0.1, -0.05) is 0 Å². The van der Waals surface area contributed by atoms with Gasteiger partial charge in [0.05, 0.1) is 12.7 Å². The summed E-state index contributed by atoms with van der Waals surface area (Å²) in [6, 6.07) is 5.41. The molecule has 2 aromatic rings. The topological polar surface area (TPSA) is 69.6 Å². The maximum Gasteiger partial charge on any atom is 0.289 e. The van der Waals surface area contributed by atoms with Crippen molar-refractivity contribution in [2.75, 3.05) is 26.2 Å². The Labute approximate surface area is 141 Å². The highest BCUT2D eigenvalue weighted by molar-refractivity contribution is 5.91. The van der Waals surface area contributed by atoms with Crippen molar-refractivity contribution in [3.63, 3.8) is 0 Å². The number of hydrogen-bond acceptors (Lipinski definition) is 3. The molecule has 0 spiro atoms. The third kappa shape index (κ3) is 3.53. The predicted molar refractivity (Wildman–Crippen MR) is 89.8 cm³/mol. The third-order valence-corrected chi connectivity index (χ3v) is 4.47. The van der Waals surface area contributed by atoms with E-state index >= 15 is 0 Å². The van der Waals surface area contributed by atoms with E-state index in [1.807, 2.05) is 24.8 Å². The first-order chi connectivity index (χ1) is 11.5. The Morgan fingerprint density at radius 2 is 1.92 bits per heavy atom. The normalized spacial score (nSPS) is 15.4. The molecule has 0 bridgehead atoms. The Kier molecular flexibility index (Phi) is 4.74. The van der Waals surface area contributed by atoms with Crippen LogP contribution in [0.2, 0.25) is 0 Å². The Hall–Kier alpha value is -2.50. The van der Waals surface area contributed by atoms with Gasteiger partial charge in [-0.05, 0) is 44.0 Å². The first-order valence-corrected chi connectivity index (χ1v) is 8.30. The van der Waals surface area contributed by atoms with Crippen LogP contribution in [-0.2, 0) is 11.2 Å². The van der Waals surface area contributed by atoms with E-state index in [4.69, 9.17) is 4.42 Å². The lowest BCUT2D eigenvalue weighted by molar-refractivity contribution is -0.130. The Bertz CT molecular complexity index is 718. The second-order valence-electron chi connectivity index (χ2n) is 6.28. The summed E-state index contributed by atoms with van der Waals surface area (Å²) in [5.74, 6) is 0.365. The highest BCUT2D eigenvalue weighted by atomic mass is 16.3. The molecule has 1 N–H and O–H groups in total. The second kappa shape index (κ2) is 6.95. The van der Waals surface area contributed by atoms with Crippen LogP contribution < -0.4 is 0 Å². The van der Waals surface area contributed by atoms with Crippen molar-refractivity contribution in [2.24, 2.45) is 0 Å². The van der Waals surface area contributed by atoms with E-state index in [1.165, 1.54) is 6.26 Å². The highest BCUT2D eigenvalue weighted by Gasteiger charge is 2.24. The highest BCUT2D eigenvalue weighted by Crippen LogP contribution is 2.14. The summed E-state index contributed by atoms with van der Waals surface area (Å²) < 4.78 is 5.18. The molecule has 0 unspecified atom stereocenters. The molecule has 0 saturated carbocycles. The molecule has 2 aromatic heterocycles. The van der Waals surface area contributed by atoms with Gasteiger partial charge in [0.2, 0.25) is 5.91 Å². The molecule has 3 rings (SSSR count). The average molecular weight is 329 g/mol. The van der Waals surface area contributed by atoms with Crippen LogP contribution in [0.25, 0.3) is 0 Å². The van der Waals surface area contributed by atoms with Crippen LogP contribution in [0.15, 0.2) is 28.9 Å². The maximum atomic E-state index is 12.6. The lowest BCUT2D eigenvalue weighted by atomic mass is 10.1. The first-order valence-electron chi connectivity index (χ1n) is 8.30. The van der Waals surface area contributed by atoms with Gasteiger partial charge >= 0.3 is 0 Å². The molecule has 1 aliphatic rings. The number of aromatic amines is 1. The molecular weight excluding hydrogens is 306 g/mol. The molecule has 0 atom stereocenters. The van der Waals surface area contributed by atoms with E-state index in [-0.39, 0.29) is 11.8 Å². The molecule has 0 aliphatic carbocycles. The average Bonchev–Trinajstić information content (AvgIpc) is 3.10. The summed E-state index contributed by atoms with van der Waals surface area (Å²) in [5, 5.41) is 0. The number of amides is 2. The number of hydrogen-bond donors (Lipinski definition) is 1. The minimum Gasteiger partial charge on any atom is -0.459 e.